The van der Waals surface area contributed by atoms with Crippen molar-refractivity contribution in [1.82, 2.24) is 0 Å². The largest absolute Gasteiger partial charge is 0.457 e. The second kappa shape index (κ2) is 6.19. The molecule has 0 amide bonds. The number of rotatable bonds is 4. The highest BCUT2D eigenvalue weighted by Gasteiger charge is 2.44. The summed E-state index contributed by atoms with van der Waals surface area (Å²) in [5.41, 5.74) is -0.694. The lowest BCUT2D eigenvalue weighted by Gasteiger charge is -2.28. The van der Waals surface area contributed by atoms with Gasteiger partial charge in [0.2, 0.25) is 0 Å². The molecule has 22 heavy (non-hydrogen) atoms. The average Bonchev–Trinajstić information content (AvgIpc) is 2.94. The summed E-state index contributed by atoms with van der Waals surface area (Å²) in [5, 5.41) is 0. The lowest BCUT2D eigenvalue weighted by atomic mass is 9.79. The SMILES string of the molecule is CC(C)(C)C(=O)COC(=O)C1(c2cccc(F)c2)CCCC1. The van der Waals surface area contributed by atoms with E-state index in [0.717, 1.165) is 12.8 Å². The fourth-order valence-corrected chi connectivity index (χ4v) is 2.86. The van der Waals surface area contributed by atoms with Crippen molar-refractivity contribution in [2.45, 2.75) is 51.9 Å². The van der Waals surface area contributed by atoms with Gasteiger partial charge < -0.3 is 4.74 Å². The average molecular weight is 306 g/mol. The number of halogens is 1. The molecule has 0 atom stereocenters. The van der Waals surface area contributed by atoms with Gasteiger partial charge in [0.15, 0.2) is 12.4 Å². The van der Waals surface area contributed by atoms with Crippen molar-refractivity contribution < 1.29 is 18.7 Å². The van der Waals surface area contributed by atoms with Gasteiger partial charge in [0.05, 0.1) is 5.41 Å². The molecule has 0 heterocycles. The minimum absolute atomic E-state index is 0.117. The minimum Gasteiger partial charge on any atom is -0.457 e. The molecule has 2 rings (SSSR count). The number of carbonyl (C=O) groups excluding carboxylic acids is 2. The molecule has 4 heteroatoms. The van der Waals surface area contributed by atoms with E-state index in [0.29, 0.717) is 18.4 Å². The van der Waals surface area contributed by atoms with Crippen molar-refractivity contribution in [3.63, 3.8) is 0 Å². The number of hydrogen-bond donors (Lipinski definition) is 0. The van der Waals surface area contributed by atoms with E-state index < -0.39 is 16.8 Å². The van der Waals surface area contributed by atoms with Gasteiger partial charge in [-0.3, -0.25) is 9.59 Å². The molecule has 0 aromatic heterocycles. The Morgan fingerprint density at radius 3 is 2.41 bits per heavy atom. The van der Waals surface area contributed by atoms with E-state index >= 15 is 0 Å². The second-order valence-corrected chi connectivity index (χ2v) is 7.05. The molecule has 1 aromatic rings. The molecule has 0 bridgehead atoms. The molecule has 1 aromatic carbocycles. The highest BCUT2D eigenvalue weighted by atomic mass is 19.1. The Balaban J connectivity index is 2.18. The first-order valence-corrected chi connectivity index (χ1v) is 7.72. The van der Waals surface area contributed by atoms with Crippen LogP contribution in [0.5, 0.6) is 0 Å². The zero-order chi connectivity index (χ0) is 16.4. The first-order valence-electron chi connectivity index (χ1n) is 7.72. The Hall–Kier alpha value is -1.71. The molecule has 120 valence electrons. The summed E-state index contributed by atoms with van der Waals surface area (Å²) in [7, 11) is 0. The molecule has 0 aliphatic heterocycles. The van der Waals surface area contributed by atoms with Gasteiger partial charge in [-0.25, -0.2) is 4.39 Å². The van der Waals surface area contributed by atoms with Gasteiger partial charge in [-0.05, 0) is 30.5 Å². The van der Waals surface area contributed by atoms with E-state index in [-0.39, 0.29) is 18.2 Å². The monoisotopic (exact) mass is 306 g/mol. The van der Waals surface area contributed by atoms with Crippen LogP contribution in [-0.4, -0.2) is 18.4 Å². The Bertz CT molecular complexity index is 566. The topological polar surface area (TPSA) is 43.4 Å². The second-order valence-electron chi connectivity index (χ2n) is 7.05. The maximum atomic E-state index is 13.5. The molecular weight excluding hydrogens is 283 g/mol. The zero-order valence-corrected chi connectivity index (χ0v) is 13.4. The summed E-state index contributed by atoms with van der Waals surface area (Å²) in [6.45, 7) is 5.16. The van der Waals surface area contributed by atoms with Crippen molar-refractivity contribution in [3.05, 3.63) is 35.6 Å². The Morgan fingerprint density at radius 2 is 1.86 bits per heavy atom. The highest BCUT2D eigenvalue weighted by Crippen LogP contribution is 2.42. The summed E-state index contributed by atoms with van der Waals surface area (Å²) >= 11 is 0. The van der Waals surface area contributed by atoms with Crippen LogP contribution in [0.1, 0.15) is 52.0 Å². The van der Waals surface area contributed by atoms with Crippen LogP contribution in [0.15, 0.2) is 24.3 Å². The molecule has 0 saturated heterocycles. The van der Waals surface area contributed by atoms with Gasteiger partial charge in [0.1, 0.15) is 5.82 Å². The quantitative estimate of drug-likeness (QED) is 0.795. The number of ketones is 1. The zero-order valence-electron chi connectivity index (χ0n) is 13.4. The fraction of sp³-hybridized carbons (Fsp3) is 0.556. The number of esters is 1. The van der Waals surface area contributed by atoms with Gasteiger partial charge in [-0.15, -0.1) is 0 Å². The molecule has 1 saturated carbocycles. The smallest absolute Gasteiger partial charge is 0.316 e. The predicted molar refractivity (Wildman–Crippen MR) is 82.0 cm³/mol. The maximum absolute atomic E-state index is 13.5. The van der Waals surface area contributed by atoms with Gasteiger partial charge in [-0.2, -0.15) is 0 Å². The van der Waals surface area contributed by atoms with Crippen molar-refractivity contribution in [1.29, 1.82) is 0 Å². The Morgan fingerprint density at radius 1 is 1.23 bits per heavy atom. The molecule has 1 aliphatic carbocycles. The molecule has 1 aliphatic rings. The third kappa shape index (κ3) is 3.37. The van der Waals surface area contributed by atoms with Gasteiger partial charge >= 0.3 is 5.97 Å². The van der Waals surface area contributed by atoms with Crippen LogP contribution < -0.4 is 0 Å². The summed E-state index contributed by atoms with van der Waals surface area (Å²) in [5.74, 6) is -0.885. The third-order valence-electron chi connectivity index (χ3n) is 4.40. The molecule has 0 unspecified atom stereocenters. The number of benzene rings is 1. The summed E-state index contributed by atoms with van der Waals surface area (Å²) in [6.07, 6.45) is 3.08. The van der Waals surface area contributed by atoms with Crippen molar-refractivity contribution in [2.75, 3.05) is 6.61 Å². The molecule has 0 spiro atoms. The standard InChI is InChI=1S/C18H23FO3/c1-17(2,3)15(20)12-22-16(21)18(9-4-5-10-18)13-7-6-8-14(19)11-13/h6-8,11H,4-5,9-10,12H2,1-3H3. The first kappa shape index (κ1) is 16.7. The molecular formula is C18H23FO3. The lowest BCUT2D eigenvalue weighted by Crippen LogP contribution is -2.37. The van der Waals surface area contributed by atoms with E-state index in [9.17, 15) is 14.0 Å². The fourth-order valence-electron chi connectivity index (χ4n) is 2.86. The minimum atomic E-state index is -0.805. The summed E-state index contributed by atoms with van der Waals surface area (Å²) in [6, 6.07) is 6.14. The molecule has 3 nitrogen and oxygen atoms in total. The van der Waals surface area contributed by atoms with Crippen LogP contribution in [0.3, 0.4) is 0 Å². The van der Waals surface area contributed by atoms with Crippen molar-refractivity contribution in [2.24, 2.45) is 5.41 Å². The van der Waals surface area contributed by atoms with E-state index in [1.807, 2.05) is 0 Å². The third-order valence-corrected chi connectivity index (χ3v) is 4.40. The predicted octanol–water partition coefficient (Wildman–Crippen LogP) is 3.80. The van der Waals surface area contributed by atoms with Gasteiger partial charge in [0, 0.05) is 5.41 Å². The van der Waals surface area contributed by atoms with E-state index in [4.69, 9.17) is 4.74 Å². The number of Topliss-reactive ketones (excluding diaryl/α,β-unsaturated/α-hetero) is 1. The normalized spacial score (nSPS) is 17.3. The van der Waals surface area contributed by atoms with E-state index in [2.05, 4.69) is 0 Å². The Labute approximate surface area is 130 Å². The lowest BCUT2D eigenvalue weighted by molar-refractivity contribution is -0.155. The Kier molecular flexibility index (Phi) is 4.69. The molecule has 0 radical (unpaired) electrons. The first-order chi connectivity index (χ1) is 10.3. The molecule has 1 fully saturated rings. The van der Waals surface area contributed by atoms with Crippen LogP contribution in [0, 0.1) is 11.2 Å². The van der Waals surface area contributed by atoms with E-state index in [1.165, 1.54) is 12.1 Å². The van der Waals surface area contributed by atoms with Crippen LogP contribution in [0.2, 0.25) is 0 Å². The highest BCUT2D eigenvalue weighted by molar-refractivity contribution is 5.89. The van der Waals surface area contributed by atoms with Crippen LogP contribution >= 0.6 is 0 Å². The molecule has 0 N–H and O–H groups in total. The van der Waals surface area contributed by atoms with Crippen molar-refractivity contribution >= 4 is 11.8 Å². The maximum Gasteiger partial charge on any atom is 0.316 e. The van der Waals surface area contributed by atoms with Crippen LogP contribution in [-0.2, 0) is 19.7 Å². The van der Waals surface area contributed by atoms with Crippen LogP contribution in [0.25, 0.3) is 0 Å². The summed E-state index contributed by atoms with van der Waals surface area (Å²) < 4.78 is 18.8. The summed E-state index contributed by atoms with van der Waals surface area (Å²) in [4.78, 5) is 24.6. The van der Waals surface area contributed by atoms with Crippen LogP contribution in [0.4, 0.5) is 4.39 Å². The van der Waals surface area contributed by atoms with Gasteiger partial charge in [-0.1, -0.05) is 45.7 Å². The van der Waals surface area contributed by atoms with Crippen molar-refractivity contribution in [3.8, 4) is 0 Å². The number of carbonyl (C=O) groups is 2. The van der Waals surface area contributed by atoms with Gasteiger partial charge in [0.25, 0.3) is 0 Å². The number of hydrogen-bond acceptors (Lipinski definition) is 3. The van der Waals surface area contributed by atoms with E-state index in [1.54, 1.807) is 32.9 Å². The number of ether oxygens (including phenoxy) is 1.